The fourth-order valence-electron chi connectivity index (χ4n) is 5.46. The molecular weight excluding hydrogens is 479 g/mol. The van der Waals surface area contributed by atoms with Gasteiger partial charge >= 0.3 is 12.1 Å². The Morgan fingerprint density at radius 1 is 1.08 bits per heavy atom. The van der Waals surface area contributed by atoms with E-state index in [9.17, 15) is 28.7 Å². The Labute approximate surface area is 214 Å². The van der Waals surface area contributed by atoms with Gasteiger partial charge < -0.3 is 20.6 Å². The van der Waals surface area contributed by atoms with Gasteiger partial charge in [0.1, 0.15) is 12.4 Å². The number of aryl methyl sites for hydroxylation is 1. The summed E-state index contributed by atoms with van der Waals surface area (Å²) in [6.45, 7) is 1.38. The SMILES string of the molecule is CC[C@H]1CC[C@@H](c2ccc(F)cc2)N1C(=O)CN(C(=O)O)C(=O)[C@H]1CCc2cc(NC(=O)NC)ccc21. The van der Waals surface area contributed by atoms with E-state index < -0.39 is 30.4 Å². The molecule has 2 aromatic rings. The highest BCUT2D eigenvalue weighted by molar-refractivity contribution is 5.99. The molecule has 0 spiro atoms. The van der Waals surface area contributed by atoms with E-state index in [4.69, 9.17) is 0 Å². The van der Waals surface area contributed by atoms with Gasteiger partial charge in [-0.3, -0.25) is 9.59 Å². The summed E-state index contributed by atoms with van der Waals surface area (Å²) >= 11 is 0. The molecule has 0 radical (unpaired) electrons. The van der Waals surface area contributed by atoms with Gasteiger partial charge in [-0.05, 0) is 73.1 Å². The topological polar surface area (TPSA) is 119 Å². The number of imide groups is 1. The number of likely N-dealkylation sites (tertiary alicyclic amines) is 1. The number of nitrogens with one attached hydrogen (secondary N) is 2. The van der Waals surface area contributed by atoms with Crippen LogP contribution < -0.4 is 10.6 Å². The molecule has 1 aliphatic carbocycles. The molecule has 0 aromatic heterocycles. The lowest BCUT2D eigenvalue weighted by Gasteiger charge is -2.32. The number of hydrogen-bond donors (Lipinski definition) is 3. The van der Waals surface area contributed by atoms with Crippen LogP contribution in [0.5, 0.6) is 0 Å². The molecule has 10 heteroatoms. The monoisotopic (exact) mass is 510 g/mol. The minimum absolute atomic E-state index is 0.0910. The summed E-state index contributed by atoms with van der Waals surface area (Å²) in [7, 11) is 1.51. The maximum absolute atomic E-state index is 13.5. The summed E-state index contributed by atoms with van der Waals surface area (Å²) in [6.07, 6.45) is 1.59. The lowest BCUT2D eigenvalue weighted by atomic mass is 9.99. The second-order valence-corrected chi connectivity index (χ2v) is 9.42. The number of fused-ring (bicyclic) bond motifs is 1. The molecular formula is C27H31FN4O5. The quantitative estimate of drug-likeness (QED) is 0.537. The number of carboxylic acid groups (broad SMARTS) is 1. The average molecular weight is 511 g/mol. The maximum Gasteiger partial charge on any atom is 0.414 e. The van der Waals surface area contributed by atoms with E-state index in [0.717, 1.165) is 17.5 Å². The minimum atomic E-state index is -1.48. The van der Waals surface area contributed by atoms with Crippen LogP contribution in [0.1, 0.15) is 61.3 Å². The summed E-state index contributed by atoms with van der Waals surface area (Å²) in [5.74, 6) is -2.15. The predicted molar refractivity (Wildman–Crippen MR) is 135 cm³/mol. The number of urea groups is 1. The Morgan fingerprint density at radius 2 is 1.81 bits per heavy atom. The van der Waals surface area contributed by atoms with Crippen LogP contribution in [0.3, 0.4) is 0 Å². The van der Waals surface area contributed by atoms with Gasteiger partial charge in [0.15, 0.2) is 0 Å². The molecule has 196 valence electrons. The smallest absolute Gasteiger partial charge is 0.414 e. The maximum atomic E-state index is 13.5. The van der Waals surface area contributed by atoms with Crippen molar-refractivity contribution in [1.82, 2.24) is 15.1 Å². The molecule has 5 amide bonds. The van der Waals surface area contributed by atoms with Gasteiger partial charge in [-0.2, -0.15) is 0 Å². The van der Waals surface area contributed by atoms with Crippen molar-refractivity contribution < 1.29 is 28.7 Å². The largest absolute Gasteiger partial charge is 0.465 e. The first-order valence-corrected chi connectivity index (χ1v) is 12.5. The van der Waals surface area contributed by atoms with Gasteiger partial charge in [0.05, 0.1) is 12.0 Å². The zero-order chi connectivity index (χ0) is 26.7. The predicted octanol–water partition coefficient (Wildman–Crippen LogP) is 4.26. The van der Waals surface area contributed by atoms with Crippen LogP contribution >= 0.6 is 0 Å². The molecule has 9 nitrogen and oxygen atoms in total. The number of benzene rings is 2. The molecule has 0 saturated carbocycles. The highest BCUT2D eigenvalue weighted by Crippen LogP contribution is 2.39. The fraction of sp³-hybridized carbons (Fsp3) is 0.407. The van der Waals surface area contributed by atoms with E-state index in [1.807, 2.05) is 6.92 Å². The fourth-order valence-corrected chi connectivity index (χ4v) is 5.46. The van der Waals surface area contributed by atoms with Crippen molar-refractivity contribution >= 4 is 29.6 Å². The van der Waals surface area contributed by atoms with Crippen LogP contribution in [0.25, 0.3) is 0 Å². The molecule has 1 fully saturated rings. The molecule has 2 aliphatic rings. The Morgan fingerprint density at radius 3 is 2.46 bits per heavy atom. The van der Waals surface area contributed by atoms with Crippen molar-refractivity contribution in [3.8, 4) is 0 Å². The van der Waals surface area contributed by atoms with E-state index in [-0.39, 0.29) is 23.9 Å². The van der Waals surface area contributed by atoms with E-state index in [1.165, 1.54) is 19.2 Å². The van der Waals surface area contributed by atoms with E-state index in [0.29, 0.717) is 41.8 Å². The minimum Gasteiger partial charge on any atom is -0.465 e. The van der Waals surface area contributed by atoms with Crippen molar-refractivity contribution in [3.63, 3.8) is 0 Å². The third-order valence-electron chi connectivity index (χ3n) is 7.31. The van der Waals surface area contributed by atoms with Crippen LogP contribution in [0.4, 0.5) is 19.7 Å². The average Bonchev–Trinajstić information content (AvgIpc) is 3.51. The Balaban J connectivity index is 1.52. The molecule has 0 bridgehead atoms. The third-order valence-corrected chi connectivity index (χ3v) is 7.31. The number of carbonyl (C=O) groups is 4. The molecule has 37 heavy (non-hydrogen) atoms. The van der Waals surface area contributed by atoms with Crippen LogP contribution in [0.15, 0.2) is 42.5 Å². The number of hydrogen-bond acceptors (Lipinski definition) is 4. The highest BCUT2D eigenvalue weighted by atomic mass is 19.1. The summed E-state index contributed by atoms with van der Waals surface area (Å²) in [4.78, 5) is 52.9. The second-order valence-electron chi connectivity index (χ2n) is 9.42. The molecule has 2 aromatic carbocycles. The normalized spacial score (nSPS) is 20.3. The number of halogens is 1. The summed E-state index contributed by atoms with van der Waals surface area (Å²) < 4.78 is 13.5. The van der Waals surface area contributed by atoms with E-state index >= 15 is 0 Å². The van der Waals surface area contributed by atoms with E-state index in [1.54, 1.807) is 35.2 Å². The molecule has 1 saturated heterocycles. The van der Waals surface area contributed by atoms with Crippen LogP contribution in [-0.4, -0.2) is 58.5 Å². The molecule has 0 unspecified atom stereocenters. The summed E-state index contributed by atoms with van der Waals surface area (Å²) in [6, 6.07) is 10.4. The van der Waals surface area contributed by atoms with Gasteiger partial charge in [0.25, 0.3) is 0 Å². The number of anilines is 1. The van der Waals surface area contributed by atoms with E-state index in [2.05, 4.69) is 10.6 Å². The van der Waals surface area contributed by atoms with Crippen molar-refractivity contribution in [2.45, 2.75) is 57.0 Å². The van der Waals surface area contributed by atoms with Crippen LogP contribution in [0, 0.1) is 5.82 Å². The van der Waals surface area contributed by atoms with Gasteiger partial charge in [-0.25, -0.2) is 18.9 Å². The second kappa shape index (κ2) is 11.0. The molecule has 1 heterocycles. The highest BCUT2D eigenvalue weighted by Gasteiger charge is 2.40. The number of nitrogens with zero attached hydrogens (tertiary/aromatic N) is 2. The Hall–Kier alpha value is -3.95. The first kappa shape index (κ1) is 26.1. The molecule has 4 rings (SSSR count). The van der Waals surface area contributed by atoms with Crippen molar-refractivity contribution in [2.24, 2.45) is 0 Å². The van der Waals surface area contributed by atoms with Gasteiger partial charge in [-0.15, -0.1) is 0 Å². The Kier molecular flexibility index (Phi) is 7.75. The van der Waals surface area contributed by atoms with Gasteiger partial charge in [0.2, 0.25) is 11.8 Å². The van der Waals surface area contributed by atoms with Crippen molar-refractivity contribution in [1.29, 1.82) is 0 Å². The molecule has 3 N–H and O–H groups in total. The molecule has 3 atom stereocenters. The third kappa shape index (κ3) is 5.42. The van der Waals surface area contributed by atoms with Crippen LogP contribution in [0.2, 0.25) is 0 Å². The number of amides is 5. The zero-order valence-corrected chi connectivity index (χ0v) is 20.9. The first-order valence-electron chi connectivity index (χ1n) is 12.5. The van der Waals surface area contributed by atoms with Gasteiger partial charge in [0, 0.05) is 18.8 Å². The Bertz CT molecular complexity index is 1200. The van der Waals surface area contributed by atoms with Crippen LogP contribution in [-0.2, 0) is 16.0 Å². The molecule has 1 aliphatic heterocycles. The zero-order valence-electron chi connectivity index (χ0n) is 20.9. The number of carbonyl (C=O) groups excluding carboxylic acids is 3. The number of rotatable bonds is 6. The lowest BCUT2D eigenvalue weighted by Crippen LogP contribution is -2.48. The first-order chi connectivity index (χ1) is 17.7. The summed E-state index contributed by atoms with van der Waals surface area (Å²) in [5.41, 5.74) is 2.90. The standard InChI is InChI=1S/C27H31FN4O5/c1-3-20-10-13-23(16-4-7-18(28)8-5-16)32(20)24(33)15-31(27(36)37)25(34)22-11-6-17-14-19(9-12-21(17)22)30-26(35)29-2/h4-5,7-9,12,14,20,22-23H,3,6,10-11,13,15H2,1-2H3,(H,36,37)(H2,29,30,35)/t20-,22-,23-/m0/s1. The van der Waals surface area contributed by atoms with Crippen molar-refractivity contribution in [3.05, 3.63) is 65.0 Å². The summed E-state index contributed by atoms with van der Waals surface area (Å²) in [5, 5.41) is 15.0. The lowest BCUT2D eigenvalue weighted by molar-refractivity contribution is -0.141. The van der Waals surface area contributed by atoms with Gasteiger partial charge in [-0.1, -0.05) is 25.1 Å². The van der Waals surface area contributed by atoms with Crippen molar-refractivity contribution in [2.75, 3.05) is 18.9 Å².